The molecule has 74 valence electrons. The van der Waals surface area contributed by atoms with Gasteiger partial charge in [-0.05, 0) is 26.2 Å². The molecular formula is C9H16N2O2. The average molecular weight is 184 g/mol. The number of carbonyl (C=O) groups is 1. The SMILES string of the molecule is CC1(O)CN(C(=O)C2(N)CCC2)C1. The summed E-state index contributed by atoms with van der Waals surface area (Å²) < 4.78 is 0. The number of likely N-dealkylation sites (tertiary alicyclic amines) is 1. The molecule has 0 unspecified atom stereocenters. The van der Waals surface area contributed by atoms with Crippen molar-refractivity contribution in [3.8, 4) is 0 Å². The Kier molecular flexibility index (Phi) is 1.69. The van der Waals surface area contributed by atoms with Gasteiger partial charge in [-0.25, -0.2) is 0 Å². The third-order valence-corrected chi connectivity index (χ3v) is 3.02. The fourth-order valence-corrected chi connectivity index (χ4v) is 2.01. The summed E-state index contributed by atoms with van der Waals surface area (Å²) in [6.45, 7) is 2.61. The number of aliphatic hydroxyl groups is 1. The number of nitrogens with zero attached hydrogens (tertiary/aromatic N) is 1. The molecule has 0 aromatic heterocycles. The highest BCUT2D eigenvalue weighted by molar-refractivity contribution is 5.88. The molecule has 1 amide bonds. The smallest absolute Gasteiger partial charge is 0.242 e. The van der Waals surface area contributed by atoms with Crippen LogP contribution >= 0.6 is 0 Å². The molecule has 2 fully saturated rings. The summed E-state index contributed by atoms with van der Waals surface area (Å²) in [6.07, 6.45) is 2.64. The van der Waals surface area contributed by atoms with E-state index in [2.05, 4.69) is 0 Å². The Labute approximate surface area is 77.7 Å². The minimum Gasteiger partial charge on any atom is -0.386 e. The van der Waals surface area contributed by atoms with Crippen molar-refractivity contribution in [2.75, 3.05) is 13.1 Å². The van der Waals surface area contributed by atoms with Crippen LogP contribution in [0.2, 0.25) is 0 Å². The maximum absolute atomic E-state index is 11.7. The first-order valence-electron chi connectivity index (χ1n) is 4.74. The molecule has 13 heavy (non-hydrogen) atoms. The van der Waals surface area contributed by atoms with Crippen molar-refractivity contribution in [2.24, 2.45) is 5.73 Å². The van der Waals surface area contributed by atoms with Crippen LogP contribution in [-0.2, 0) is 4.79 Å². The van der Waals surface area contributed by atoms with Gasteiger partial charge in [0.15, 0.2) is 0 Å². The molecule has 1 saturated heterocycles. The fourth-order valence-electron chi connectivity index (χ4n) is 2.01. The van der Waals surface area contributed by atoms with Gasteiger partial charge < -0.3 is 15.7 Å². The van der Waals surface area contributed by atoms with Gasteiger partial charge in [0.2, 0.25) is 5.91 Å². The van der Waals surface area contributed by atoms with E-state index in [-0.39, 0.29) is 5.91 Å². The van der Waals surface area contributed by atoms with Crippen molar-refractivity contribution in [2.45, 2.75) is 37.3 Å². The van der Waals surface area contributed by atoms with E-state index in [9.17, 15) is 9.90 Å². The van der Waals surface area contributed by atoms with Crippen LogP contribution in [0.3, 0.4) is 0 Å². The van der Waals surface area contributed by atoms with Gasteiger partial charge in [0, 0.05) is 0 Å². The summed E-state index contributed by atoms with van der Waals surface area (Å²) in [5.74, 6) is 0.0188. The van der Waals surface area contributed by atoms with Gasteiger partial charge in [0.1, 0.15) is 0 Å². The maximum atomic E-state index is 11.7. The fraction of sp³-hybridized carbons (Fsp3) is 0.889. The molecule has 4 nitrogen and oxygen atoms in total. The average Bonchev–Trinajstić information content (AvgIpc) is 1.94. The first-order chi connectivity index (χ1) is 5.93. The number of amides is 1. The number of rotatable bonds is 1. The number of nitrogens with two attached hydrogens (primary N) is 1. The Morgan fingerprint density at radius 2 is 2.00 bits per heavy atom. The Morgan fingerprint density at radius 3 is 2.31 bits per heavy atom. The minimum absolute atomic E-state index is 0.0188. The van der Waals surface area contributed by atoms with Crippen molar-refractivity contribution in [1.82, 2.24) is 4.90 Å². The second kappa shape index (κ2) is 2.45. The number of hydrogen-bond acceptors (Lipinski definition) is 3. The molecule has 1 aliphatic carbocycles. The molecule has 1 saturated carbocycles. The monoisotopic (exact) mass is 184 g/mol. The number of β-amino-alcohol motifs (C(OH)–C–C–N with tert-alkyl or cyclic N) is 1. The van der Waals surface area contributed by atoms with Crippen molar-refractivity contribution in [3.63, 3.8) is 0 Å². The quantitative estimate of drug-likeness (QED) is 0.575. The summed E-state index contributed by atoms with van der Waals surface area (Å²) in [5.41, 5.74) is 4.59. The van der Waals surface area contributed by atoms with E-state index in [4.69, 9.17) is 5.73 Å². The molecule has 0 aromatic rings. The lowest BCUT2D eigenvalue weighted by Gasteiger charge is -2.49. The van der Waals surface area contributed by atoms with Crippen molar-refractivity contribution in [1.29, 1.82) is 0 Å². The van der Waals surface area contributed by atoms with Crippen LogP contribution in [0.25, 0.3) is 0 Å². The lowest BCUT2D eigenvalue weighted by molar-refractivity contribution is -0.161. The lowest BCUT2D eigenvalue weighted by Crippen LogP contribution is -2.69. The highest BCUT2D eigenvalue weighted by Gasteiger charge is 2.48. The topological polar surface area (TPSA) is 66.6 Å². The van der Waals surface area contributed by atoms with Crippen LogP contribution < -0.4 is 5.73 Å². The zero-order chi connectivity index (χ0) is 9.69. The van der Waals surface area contributed by atoms with Gasteiger partial charge in [0.05, 0.1) is 24.2 Å². The van der Waals surface area contributed by atoms with Gasteiger partial charge in [-0.2, -0.15) is 0 Å². The van der Waals surface area contributed by atoms with Crippen LogP contribution in [0.4, 0.5) is 0 Å². The molecule has 2 aliphatic rings. The van der Waals surface area contributed by atoms with E-state index in [0.29, 0.717) is 13.1 Å². The summed E-state index contributed by atoms with van der Waals surface area (Å²) in [7, 11) is 0. The summed E-state index contributed by atoms with van der Waals surface area (Å²) in [4.78, 5) is 13.4. The lowest BCUT2D eigenvalue weighted by atomic mass is 9.75. The molecule has 0 atom stereocenters. The van der Waals surface area contributed by atoms with Crippen LogP contribution in [0, 0.1) is 0 Å². The van der Waals surface area contributed by atoms with E-state index < -0.39 is 11.1 Å². The van der Waals surface area contributed by atoms with E-state index >= 15 is 0 Å². The Morgan fingerprint density at radius 1 is 1.46 bits per heavy atom. The first kappa shape index (κ1) is 8.97. The Hall–Kier alpha value is -0.610. The van der Waals surface area contributed by atoms with Gasteiger partial charge in [0.25, 0.3) is 0 Å². The molecule has 0 aromatic carbocycles. The minimum atomic E-state index is -0.685. The van der Waals surface area contributed by atoms with E-state index in [1.54, 1.807) is 11.8 Å². The van der Waals surface area contributed by atoms with Gasteiger partial charge in [-0.15, -0.1) is 0 Å². The van der Waals surface area contributed by atoms with Gasteiger partial charge in [-0.3, -0.25) is 4.79 Å². The molecule has 3 N–H and O–H groups in total. The molecule has 0 radical (unpaired) electrons. The van der Waals surface area contributed by atoms with E-state index in [0.717, 1.165) is 19.3 Å². The zero-order valence-electron chi connectivity index (χ0n) is 7.92. The third-order valence-electron chi connectivity index (χ3n) is 3.02. The van der Waals surface area contributed by atoms with E-state index in [1.165, 1.54) is 0 Å². The predicted octanol–water partition coefficient (Wildman–Crippen LogP) is -0.539. The van der Waals surface area contributed by atoms with Crippen LogP contribution in [0.5, 0.6) is 0 Å². The Bertz CT molecular complexity index is 238. The molecule has 0 bridgehead atoms. The first-order valence-corrected chi connectivity index (χ1v) is 4.74. The molecule has 2 rings (SSSR count). The summed E-state index contributed by atoms with van der Waals surface area (Å²) in [5, 5.41) is 9.45. The van der Waals surface area contributed by atoms with Crippen molar-refractivity contribution >= 4 is 5.91 Å². The van der Waals surface area contributed by atoms with Crippen LogP contribution in [-0.4, -0.2) is 40.1 Å². The highest BCUT2D eigenvalue weighted by atomic mass is 16.3. The van der Waals surface area contributed by atoms with Gasteiger partial charge in [-0.1, -0.05) is 0 Å². The van der Waals surface area contributed by atoms with Crippen LogP contribution in [0.15, 0.2) is 0 Å². The zero-order valence-corrected chi connectivity index (χ0v) is 7.92. The molecule has 1 heterocycles. The van der Waals surface area contributed by atoms with Crippen LogP contribution in [0.1, 0.15) is 26.2 Å². The summed E-state index contributed by atoms with van der Waals surface area (Å²) >= 11 is 0. The molecular weight excluding hydrogens is 168 g/mol. The molecule has 1 aliphatic heterocycles. The normalized spacial score (nSPS) is 29.0. The third kappa shape index (κ3) is 1.34. The molecule has 0 spiro atoms. The highest BCUT2D eigenvalue weighted by Crippen LogP contribution is 2.33. The second-order valence-corrected chi connectivity index (χ2v) is 4.67. The maximum Gasteiger partial charge on any atom is 0.242 e. The second-order valence-electron chi connectivity index (χ2n) is 4.67. The Balaban J connectivity index is 1.93. The molecule has 4 heteroatoms. The standard InChI is InChI=1S/C9H16N2O2/c1-8(13)5-11(6-8)7(12)9(10)3-2-4-9/h13H,2-6,10H2,1H3. The van der Waals surface area contributed by atoms with E-state index in [1.807, 2.05) is 0 Å². The predicted molar refractivity (Wildman–Crippen MR) is 48.0 cm³/mol. The summed E-state index contributed by atoms with van der Waals surface area (Å²) in [6, 6.07) is 0. The number of hydrogen-bond donors (Lipinski definition) is 2. The van der Waals surface area contributed by atoms with Gasteiger partial charge >= 0.3 is 0 Å². The van der Waals surface area contributed by atoms with Crippen molar-refractivity contribution < 1.29 is 9.90 Å². The van der Waals surface area contributed by atoms with Crippen molar-refractivity contribution in [3.05, 3.63) is 0 Å². The largest absolute Gasteiger partial charge is 0.386 e. The number of carbonyl (C=O) groups excluding carboxylic acids is 1.